The summed E-state index contributed by atoms with van der Waals surface area (Å²) in [5.41, 5.74) is 1.13. The molecule has 0 fully saturated rings. The molecule has 0 aliphatic rings. The lowest BCUT2D eigenvalue weighted by Gasteiger charge is -2.12. The van der Waals surface area contributed by atoms with Crippen molar-refractivity contribution in [3.8, 4) is 0 Å². The highest BCUT2D eigenvalue weighted by molar-refractivity contribution is 6.43. The third-order valence-electron chi connectivity index (χ3n) is 3.68. The Morgan fingerprint density at radius 1 is 1.00 bits per heavy atom. The van der Waals surface area contributed by atoms with Gasteiger partial charge in [0.25, 0.3) is 0 Å². The molecule has 1 amide bonds. The zero-order valence-corrected chi connectivity index (χ0v) is 16.5. The molecular weight excluding hydrogens is 419 g/mol. The van der Waals surface area contributed by atoms with E-state index in [9.17, 15) is 14.9 Å². The van der Waals surface area contributed by atoms with E-state index < -0.39 is 4.92 Å². The van der Waals surface area contributed by atoms with E-state index in [-0.39, 0.29) is 28.3 Å². The maximum atomic E-state index is 11.7. The number of halogens is 2. The van der Waals surface area contributed by atoms with Crippen LogP contribution in [0.25, 0.3) is 0 Å². The van der Waals surface area contributed by atoms with Crippen molar-refractivity contribution in [3.63, 3.8) is 0 Å². The largest absolute Gasteiger partial charge is 0.353 e. The van der Waals surface area contributed by atoms with Crippen molar-refractivity contribution in [2.24, 2.45) is 0 Å². The summed E-state index contributed by atoms with van der Waals surface area (Å²) in [5.74, 6) is -0.267. The summed E-state index contributed by atoms with van der Waals surface area (Å²) in [6.45, 7) is 1.40. The third-order valence-corrected chi connectivity index (χ3v) is 4.50. The highest BCUT2D eigenvalue weighted by Crippen LogP contribution is 2.36. The first-order valence-corrected chi connectivity index (χ1v) is 8.96. The highest BCUT2D eigenvalue weighted by Gasteiger charge is 2.24. The number of nitrogens with zero attached hydrogens (tertiary/aromatic N) is 3. The number of carbonyl (C=O) groups is 1. The van der Waals surface area contributed by atoms with Crippen LogP contribution in [0.2, 0.25) is 10.0 Å². The summed E-state index contributed by atoms with van der Waals surface area (Å²) in [6.07, 6.45) is 1.18. The van der Waals surface area contributed by atoms with Crippen LogP contribution in [-0.4, -0.2) is 20.8 Å². The number of hydrogen-bond acceptors (Lipinski definition) is 7. The van der Waals surface area contributed by atoms with Crippen LogP contribution < -0.4 is 16.0 Å². The molecule has 1 aromatic heterocycles. The van der Waals surface area contributed by atoms with Gasteiger partial charge in [0.05, 0.1) is 20.7 Å². The van der Waals surface area contributed by atoms with Crippen LogP contribution >= 0.6 is 23.2 Å². The van der Waals surface area contributed by atoms with Gasteiger partial charge in [0.15, 0.2) is 0 Å². The van der Waals surface area contributed by atoms with E-state index in [1.54, 1.807) is 42.5 Å². The molecule has 0 atom stereocenters. The van der Waals surface area contributed by atoms with Gasteiger partial charge in [-0.25, -0.2) is 9.97 Å². The van der Waals surface area contributed by atoms with Crippen molar-refractivity contribution in [3.05, 3.63) is 69.0 Å². The Morgan fingerprint density at radius 2 is 1.62 bits per heavy atom. The normalized spacial score (nSPS) is 10.3. The van der Waals surface area contributed by atoms with E-state index in [2.05, 4.69) is 25.9 Å². The smallest absolute Gasteiger partial charge is 0.334 e. The summed E-state index contributed by atoms with van der Waals surface area (Å²) in [6, 6.07) is 11.5. The second-order valence-electron chi connectivity index (χ2n) is 5.79. The highest BCUT2D eigenvalue weighted by atomic mass is 35.5. The van der Waals surface area contributed by atoms with E-state index >= 15 is 0 Å². The average Bonchev–Trinajstić information content (AvgIpc) is 2.66. The van der Waals surface area contributed by atoms with Crippen LogP contribution in [0.1, 0.15) is 6.92 Å². The molecule has 0 spiro atoms. The fraction of sp³-hybridized carbons (Fsp3) is 0.0556. The van der Waals surface area contributed by atoms with Gasteiger partial charge in [-0.2, -0.15) is 0 Å². The lowest BCUT2D eigenvalue weighted by Crippen LogP contribution is -2.07. The van der Waals surface area contributed by atoms with Crippen molar-refractivity contribution < 1.29 is 9.72 Å². The fourth-order valence-corrected chi connectivity index (χ4v) is 2.79. The van der Waals surface area contributed by atoms with Crippen LogP contribution in [0.15, 0.2) is 48.8 Å². The quantitative estimate of drug-likeness (QED) is 0.364. The molecule has 0 aliphatic heterocycles. The summed E-state index contributed by atoms with van der Waals surface area (Å²) in [7, 11) is 0. The van der Waals surface area contributed by atoms with E-state index in [1.165, 1.54) is 13.3 Å². The number of nitro groups is 1. The van der Waals surface area contributed by atoms with Gasteiger partial charge < -0.3 is 16.0 Å². The molecule has 0 bridgehead atoms. The topological polar surface area (TPSA) is 122 Å². The first kappa shape index (κ1) is 20.3. The Balaban J connectivity index is 1.92. The maximum absolute atomic E-state index is 11.7. The second kappa shape index (κ2) is 8.72. The molecule has 0 saturated heterocycles. The van der Waals surface area contributed by atoms with Crippen LogP contribution in [0.3, 0.4) is 0 Å². The SMILES string of the molecule is CC(=O)Nc1ccc(Nc2ncnc(Nc3cccc(Cl)c3Cl)c2[N+](=O)[O-])cc1. The van der Waals surface area contributed by atoms with Crippen molar-refractivity contribution >= 4 is 63.5 Å². The number of carbonyl (C=O) groups excluding carboxylic acids is 1. The van der Waals surface area contributed by atoms with Crippen LogP contribution in [-0.2, 0) is 4.79 Å². The Morgan fingerprint density at radius 3 is 2.24 bits per heavy atom. The molecule has 0 aliphatic carbocycles. The van der Waals surface area contributed by atoms with Crippen LogP contribution in [0.4, 0.5) is 34.4 Å². The molecular formula is C18H14Cl2N6O3. The van der Waals surface area contributed by atoms with Crippen molar-refractivity contribution in [1.29, 1.82) is 0 Å². The van der Waals surface area contributed by atoms with Crippen molar-refractivity contribution in [2.45, 2.75) is 6.92 Å². The van der Waals surface area contributed by atoms with Gasteiger partial charge >= 0.3 is 5.69 Å². The Kier molecular flexibility index (Phi) is 6.10. The van der Waals surface area contributed by atoms with E-state index in [1.807, 2.05) is 0 Å². The maximum Gasteiger partial charge on any atom is 0.353 e. The standard InChI is InChI=1S/C18H14Cl2N6O3/c1-10(27)23-11-5-7-12(8-6-11)24-17-16(26(28)29)18(22-9-21-17)25-14-4-2-3-13(19)15(14)20/h2-9H,1H3,(H,23,27)(H2,21,22,24,25). The summed E-state index contributed by atoms with van der Waals surface area (Å²) in [4.78, 5) is 30.1. The molecule has 3 rings (SSSR count). The summed E-state index contributed by atoms with van der Waals surface area (Å²) >= 11 is 12.1. The van der Waals surface area contributed by atoms with Gasteiger partial charge in [-0.3, -0.25) is 14.9 Å². The summed E-state index contributed by atoms with van der Waals surface area (Å²) in [5, 5.41) is 20.5. The van der Waals surface area contributed by atoms with Crippen molar-refractivity contribution in [2.75, 3.05) is 16.0 Å². The Labute approximate surface area is 175 Å². The number of aromatic nitrogens is 2. The zero-order chi connectivity index (χ0) is 21.0. The molecule has 0 unspecified atom stereocenters. The molecule has 9 nitrogen and oxygen atoms in total. The van der Waals surface area contributed by atoms with Gasteiger partial charge in [0.1, 0.15) is 6.33 Å². The van der Waals surface area contributed by atoms with Crippen molar-refractivity contribution in [1.82, 2.24) is 9.97 Å². The zero-order valence-electron chi connectivity index (χ0n) is 14.9. The number of benzene rings is 2. The van der Waals surface area contributed by atoms with Gasteiger partial charge in [0.2, 0.25) is 17.5 Å². The Bertz CT molecular complexity index is 1080. The van der Waals surface area contributed by atoms with Gasteiger partial charge in [-0.05, 0) is 36.4 Å². The van der Waals surface area contributed by atoms with Crippen LogP contribution in [0.5, 0.6) is 0 Å². The molecule has 0 saturated carbocycles. The first-order chi connectivity index (χ1) is 13.8. The minimum absolute atomic E-state index is 0.0158. The monoisotopic (exact) mass is 432 g/mol. The number of nitrogens with one attached hydrogen (secondary N) is 3. The molecule has 1 heterocycles. The molecule has 2 aromatic carbocycles. The first-order valence-electron chi connectivity index (χ1n) is 8.20. The van der Waals surface area contributed by atoms with E-state index in [4.69, 9.17) is 23.2 Å². The minimum Gasteiger partial charge on any atom is -0.334 e. The average molecular weight is 433 g/mol. The molecule has 0 radical (unpaired) electrons. The molecule has 11 heteroatoms. The molecule has 3 aromatic rings. The second-order valence-corrected chi connectivity index (χ2v) is 6.57. The predicted octanol–water partition coefficient (Wildman–Crippen LogP) is 5.14. The molecule has 148 valence electrons. The summed E-state index contributed by atoms with van der Waals surface area (Å²) < 4.78 is 0. The molecule has 3 N–H and O–H groups in total. The Hall–Kier alpha value is -3.43. The van der Waals surface area contributed by atoms with Crippen LogP contribution in [0, 0.1) is 10.1 Å². The van der Waals surface area contributed by atoms with Gasteiger partial charge in [-0.15, -0.1) is 0 Å². The lowest BCUT2D eigenvalue weighted by molar-refractivity contribution is -0.383. The predicted molar refractivity (Wildman–Crippen MR) is 112 cm³/mol. The lowest BCUT2D eigenvalue weighted by atomic mass is 10.2. The number of rotatable bonds is 6. The number of hydrogen-bond donors (Lipinski definition) is 3. The third kappa shape index (κ3) is 4.89. The van der Waals surface area contributed by atoms with Gasteiger partial charge in [-0.1, -0.05) is 29.3 Å². The van der Waals surface area contributed by atoms with E-state index in [0.29, 0.717) is 22.1 Å². The molecule has 29 heavy (non-hydrogen) atoms. The fourth-order valence-electron chi connectivity index (χ4n) is 2.44. The van der Waals surface area contributed by atoms with Gasteiger partial charge in [0, 0.05) is 18.3 Å². The van der Waals surface area contributed by atoms with E-state index in [0.717, 1.165) is 0 Å². The number of anilines is 5. The minimum atomic E-state index is -0.602. The number of amides is 1.